The lowest BCUT2D eigenvalue weighted by Gasteiger charge is -2.19. The molecule has 0 fully saturated rings. The minimum atomic E-state index is -0.551. The van der Waals surface area contributed by atoms with Crippen LogP contribution in [0.2, 0.25) is 0 Å². The maximum absolute atomic E-state index is 13.2. The average Bonchev–Trinajstić information content (AvgIpc) is 2.87. The molecule has 0 aliphatic rings. The summed E-state index contributed by atoms with van der Waals surface area (Å²) in [6.45, 7) is -0.269. The molecule has 2 amide bonds. The first-order chi connectivity index (χ1) is 16.0. The lowest BCUT2D eigenvalue weighted by atomic mass is 10.1. The van der Waals surface area contributed by atoms with Crippen molar-refractivity contribution < 1.29 is 14.7 Å². The number of carbonyl (C=O) groups excluding carboxylic acids is 2. The first-order valence-corrected chi connectivity index (χ1v) is 11.0. The average molecular weight is 504 g/mol. The van der Waals surface area contributed by atoms with Gasteiger partial charge in [-0.25, -0.2) is 0 Å². The molecule has 0 unspecified atom stereocenters. The molecule has 6 nitrogen and oxygen atoms in total. The molecule has 0 saturated heterocycles. The molecule has 0 bridgehead atoms. The number of benzene rings is 3. The van der Waals surface area contributed by atoms with Crippen molar-refractivity contribution in [2.45, 2.75) is 12.5 Å². The Labute approximate surface area is 200 Å². The van der Waals surface area contributed by atoms with Crippen molar-refractivity contribution in [2.75, 3.05) is 6.61 Å². The first kappa shape index (κ1) is 23.9. The fourth-order valence-electron chi connectivity index (χ4n) is 3.14. The van der Waals surface area contributed by atoms with E-state index < -0.39 is 17.9 Å². The van der Waals surface area contributed by atoms with Crippen molar-refractivity contribution in [1.29, 1.82) is 5.26 Å². The van der Waals surface area contributed by atoms with Crippen LogP contribution in [-0.4, -0.2) is 29.6 Å². The van der Waals surface area contributed by atoms with Crippen LogP contribution in [0.15, 0.2) is 90.6 Å². The van der Waals surface area contributed by atoms with E-state index in [2.05, 4.69) is 26.6 Å². The van der Waals surface area contributed by atoms with E-state index in [0.717, 1.165) is 5.56 Å². The number of halogens is 1. The number of rotatable bonds is 8. The third-order valence-corrected chi connectivity index (χ3v) is 5.72. The zero-order valence-corrected chi connectivity index (χ0v) is 19.2. The van der Waals surface area contributed by atoms with E-state index >= 15 is 0 Å². The van der Waals surface area contributed by atoms with Crippen molar-refractivity contribution in [3.63, 3.8) is 0 Å². The molecule has 166 valence electrons. The molecule has 0 saturated carbocycles. The monoisotopic (exact) mass is 503 g/mol. The Kier molecular flexibility index (Phi) is 8.53. The van der Waals surface area contributed by atoms with Gasteiger partial charge in [-0.2, -0.15) is 5.26 Å². The van der Waals surface area contributed by atoms with Crippen LogP contribution >= 0.6 is 15.9 Å². The number of nitrogens with one attached hydrogen (secondary N) is 2. The van der Waals surface area contributed by atoms with Crippen molar-refractivity contribution in [1.82, 2.24) is 10.6 Å². The van der Waals surface area contributed by atoms with Gasteiger partial charge in [-0.05, 0) is 57.7 Å². The number of hydrogen-bond acceptors (Lipinski definition) is 4. The van der Waals surface area contributed by atoms with Gasteiger partial charge in [-0.1, -0.05) is 60.7 Å². The Balaban J connectivity index is 1.90. The molecule has 0 aliphatic heterocycles. The minimum Gasteiger partial charge on any atom is -0.394 e. The summed E-state index contributed by atoms with van der Waals surface area (Å²) in [7, 11) is 0. The van der Waals surface area contributed by atoms with E-state index in [1.54, 1.807) is 54.6 Å². The van der Waals surface area contributed by atoms with Crippen LogP contribution in [0.1, 0.15) is 27.0 Å². The van der Waals surface area contributed by atoms with Gasteiger partial charge in [-0.15, -0.1) is 0 Å². The van der Waals surface area contributed by atoms with Gasteiger partial charge in [0.1, 0.15) is 5.70 Å². The molecule has 33 heavy (non-hydrogen) atoms. The van der Waals surface area contributed by atoms with E-state index in [-0.39, 0.29) is 12.3 Å². The summed E-state index contributed by atoms with van der Waals surface area (Å²) in [6.07, 6.45) is 0.428. The molecule has 0 radical (unpaired) electrons. The molecule has 1 atom stereocenters. The second-order valence-electron chi connectivity index (χ2n) is 7.24. The summed E-state index contributed by atoms with van der Waals surface area (Å²) >= 11 is 3.44. The Morgan fingerprint density at radius 1 is 0.909 bits per heavy atom. The highest BCUT2D eigenvalue weighted by molar-refractivity contribution is 9.15. The summed E-state index contributed by atoms with van der Waals surface area (Å²) in [6, 6.07) is 26.1. The summed E-state index contributed by atoms with van der Waals surface area (Å²) < 4.78 is 0.352. The van der Waals surface area contributed by atoms with Crippen LogP contribution in [-0.2, 0) is 11.2 Å². The first-order valence-electron chi connectivity index (χ1n) is 10.2. The standard InChI is InChI=1S/C26H22BrN3O3/c27-23(20-13-11-19(16-28)12-14-20)24(30-25(32)21-9-5-2-6-10-21)26(33)29-22(17-31)15-18-7-3-1-4-8-18/h1-14,22,31H,15,17H2,(H,29,33)(H,30,32)/b24-23-/t22-/m0/s1. The Morgan fingerprint density at radius 3 is 2.09 bits per heavy atom. The molecule has 3 N–H and O–H groups in total. The van der Waals surface area contributed by atoms with Gasteiger partial charge in [0.05, 0.1) is 28.8 Å². The number of nitrogens with zero attached hydrogens (tertiary/aromatic N) is 1. The number of amides is 2. The number of nitriles is 1. The summed E-state index contributed by atoms with van der Waals surface area (Å²) in [5.41, 5.74) is 2.44. The Morgan fingerprint density at radius 2 is 1.52 bits per heavy atom. The Bertz CT molecular complexity index is 1170. The van der Waals surface area contributed by atoms with Crippen molar-refractivity contribution in [3.8, 4) is 6.07 Å². The van der Waals surface area contributed by atoms with Crippen LogP contribution in [0, 0.1) is 11.3 Å². The van der Waals surface area contributed by atoms with Gasteiger partial charge in [0.25, 0.3) is 11.8 Å². The zero-order valence-electron chi connectivity index (χ0n) is 17.7. The predicted molar refractivity (Wildman–Crippen MR) is 130 cm³/mol. The van der Waals surface area contributed by atoms with Gasteiger partial charge in [0.15, 0.2) is 0 Å². The highest BCUT2D eigenvalue weighted by Gasteiger charge is 2.22. The van der Waals surface area contributed by atoms with E-state index in [9.17, 15) is 14.7 Å². The number of carbonyl (C=O) groups is 2. The molecule has 0 heterocycles. The summed E-state index contributed by atoms with van der Waals surface area (Å²) in [5, 5.41) is 24.4. The van der Waals surface area contributed by atoms with Gasteiger partial charge >= 0.3 is 0 Å². The predicted octanol–water partition coefficient (Wildman–Crippen LogP) is 3.77. The maximum Gasteiger partial charge on any atom is 0.269 e. The lowest BCUT2D eigenvalue weighted by Crippen LogP contribution is -2.43. The van der Waals surface area contributed by atoms with Gasteiger partial charge < -0.3 is 15.7 Å². The third kappa shape index (κ3) is 6.62. The highest BCUT2D eigenvalue weighted by Crippen LogP contribution is 2.25. The van der Waals surface area contributed by atoms with Crippen molar-refractivity contribution in [2.24, 2.45) is 0 Å². The number of aliphatic hydroxyl groups excluding tert-OH is 1. The van der Waals surface area contributed by atoms with Crippen LogP contribution in [0.3, 0.4) is 0 Å². The van der Waals surface area contributed by atoms with Gasteiger partial charge in [0, 0.05) is 5.56 Å². The van der Waals surface area contributed by atoms with Crippen molar-refractivity contribution >= 4 is 32.2 Å². The third-order valence-electron chi connectivity index (χ3n) is 4.87. The van der Waals surface area contributed by atoms with Gasteiger partial charge in [-0.3, -0.25) is 9.59 Å². The fraction of sp³-hybridized carbons (Fsp3) is 0.115. The van der Waals surface area contributed by atoms with Crippen molar-refractivity contribution in [3.05, 3.63) is 113 Å². The smallest absolute Gasteiger partial charge is 0.269 e. The van der Waals surface area contributed by atoms with Crippen LogP contribution in [0.25, 0.3) is 4.48 Å². The molecule has 7 heteroatoms. The highest BCUT2D eigenvalue weighted by atomic mass is 79.9. The zero-order chi connectivity index (χ0) is 23.6. The van der Waals surface area contributed by atoms with Crippen LogP contribution < -0.4 is 10.6 Å². The molecule has 0 aromatic heterocycles. The Hall–Kier alpha value is -3.73. The topological polar surface area (TPSA) is 102 Å². The second-order valence-corrected chi connectivity index (χ2v) is 8.03. The minimum absolute atomic E-state index is 0.0000670. The lowest BCUT2D eigenvalue weighted by molar-refractivity contribution is -0.118. The largest absolute Gasteiger partial charge is 0.394 e. The molecule has 3 aromatic carbocycles. The second kappa shape index (κ2) is 11.8. The van der Waals surface area contributed by atoms with Gasteiger partial charge in [0.2, 0.25) is 0 Å². The van der Waals surface area contributed by atoms with Crippen LogP contribution in [0.4, 0.5) is 0 Å². The van der Waals surface area contributed by atoms with E-state index in [1.165, 1.54) is 0 Å². The van der Waals surface area contributed by atoms with Crippen LogP contribution in [0.5, 0.6) is 0 Å². The fourth-order valence-corrected chi connectivity index (χ4v) is 3.68. The molecular formula is C26H22BrN3O3. The molecular weight excluding hydrogens is 482 g/mol. The normalized spacial score (nSPS) is 12.2. The van der Waals surface area contributed by atoms with E-state index in [0.29, 0.717) is 27.6 Å². The number of hydrogen-bond donors (Lipinski definition) is 3. The number of aliphatic hydroxyl groups is 1. The quantitative estimate of drug-likeness (QED) is 0.407. The molecule has 0 aliphatic carbocycles. The van der Waals surface area contributed by atoms with E-state index in [1.807, 2.05) is 36.4 Å². The SMILES string of the molecule is N#Cc1ccc(/C(Br)=C(/NC(=O)c2ccccc2)C(=O)N[C@H](CO)Cc2ccccc2)cc1. The summed E-state index contributed by atoms with van der Waals surface area (Å²) in [5.74, 6) is -1.000. The molecule has 3 rings (SSSR count). The van der Waals surface area contributed by atoms with E-state index in [4.69, 9.17) is 5.26 Å². The molecule has 3 aromatic rings. The maximum atomic E-state index is 13.2. The molecule has 0 spiro atoms. The summed E-state index contributed by atoms with van der Waals surface area (Å²) in [4.78, 5) is 26.0.